The molecule has 16 heavy (non-hydrogen) atoms. The first kappa shape index (κ1) is 12.0. The van der Waals surface area contributed by atoms with Gasteiger partial charge in [0.05, 0.1) is 16.2 Å². The molecule has 84 valence electrons. The molecule has 0 aromatic heterocycles. The highest BCUT2D eigenvalue weighted by molar-refractivity contribution is 5.62. The van der Waals surface area contributed by atoms with Crippen LogP contribution < -0.4 is 4.90 Å². The number of rotatable bonds is 4. The molecule has 0 aliphatic carbocycles. The summed E-state index contributed by atoms with van der Waals surface area (Å²) in [7, 11) is 1.87. The molecule has 0 spiro atoms. The molecule has 0 N–H and O–H groups in total. The molecule has 0 atom stereocenters. The first-order chi connectivity index (χ1) is 7.60. The topological polar surface area (TPSA) is 70.2 Å². The normalized spacial score (nSPS) is 9.56. The molecule has 1 aromatic carbocycles. The van der Waals surface area contributed by atoms with Crippen LogP contribution >= 0.6 is 0 Å². The van der Waals surface area contributed by atoms with Gasteiger partial charge in [-0.2, -0.15) is 5.26 Å². The number of hydrogen-bond donors (Lipinski definition) is 0. The summed E-state index contributed by atoms with van der Waals surface area (Å²) in [5.41, 5.74) is 1.02. The summed E-state index contributed by atoms with van der Waals surface area (Å²) in [6.07, 6.45) is 0.957. The van der Waals surface area contributed by atoms with Crippen molar-refractivity contribution >= 4 is 11.4 Å². The Hall–Kier alpha value is -2.09. The van der Waals surface area contributed by atoms with Gasteiger partial charge in [0.25, 0.3) is 5.69 Å². The van der Waals surface area contributed by atoms with Gasteiger partial charge in [-0.1, -0.05) is 6.92 Å². The van der Waals surface area contributed by atoms with Crippen molar-refractivity contribution in [2.24, 2.45) is 0 Å². The fraction of sp³-hybridized carbons (Fsp3) is 0.364. The van der Waals surface area contributed by atoms with E-state index in [1.807, 2.05) is 24.9 Å². The number of non-ortho nitro benzene ring substituents is 1. The van der Waals surface area contributed by atoms with Crippen LogP contribution in [0.2, 0.25) is 0 Å². The molecule has 1 rings (SSSR count). The molecule has 0 fully saturated rings. The number of benzene rings is 1. The van der Waals surface area contributed by atoms with Crippen LogP contribution in [0.1, 0.15) is 18.9 Å². The highest BCUT2D eigenvalue weighted by atomic mass is 16.6. The van der Waals surface area contributed by atoms with E-state index in [-0.39, 0.29) is 5.69 Å². The molecule has 1 aromatic rings. The van der Waals surface area contributed by atoms with Crippen LogP contribution in [0.15, 0.2) is 18.2 Å². The average Bonchev–Trinajstić information content (AvgIpc) is 2.28. The van der Waals surface area contributed by atoms with E-state index in [0.717, 1.165) is 18.7 Å². The lowest BCUT2D eigenvalue weighted by Crippen LogP contribution is -2.18. The van der Waals surface area contributed by atoms with E-state index in [9.17, 15) is 10.1 Å². The smallest absolute Gasteiger partial charge is 0.270 e. The molecule has 0 saturated heterocycles. The highest BCUT2D eigenvalue weighted by Crippen LogP contribution is 2.24. The molecule has 5 heteroatoms. The number of nitriles is 1. The Kier molecular flexibility index (Phi) is 3.84. The predicted octanol–water partition coefficient (Wildman–Crippen LogP) is 2.31. The summed E-state index contributed by atoms with van der Waals surface area (Å²) < 4.78 is 0. The number of anilines is 1. The van der Waals surface area contributed by atoms with Crippen LogP contribution in [-0.4, -0.2) is 18.5 Å². The molecule has 0 radical (unpaired) electrons. The summed E-state index contributed by atoms with van der Waals surface area (Å²) in [6, 6.07) is 6.33. The molecule has 0 amide bonds. The zero-order valence-corrected chi connectivity index (χ0v) is 9.30. The first-order valence-electron chi connectivity index (χ1n) is 4.99. The van der Waals surface area contributed by atoms with Gasteiger partial charge in [-0.05, 0) is 12.5 Å². The largest absolute Gasteiger partial charge is 0.374 e. The van der Waals surface area contributed by atoms with Crippen LogP contribution in [0.4, 0.5) is 11.4 Å². The highest BCUT2D eigenvalue weighted by Gasteiger charge is 2.12. The molecule has 0 heterocycles. The van der Waals surface area contributed by atoms with Crippen LogP contribution in [0, 0.1) is 21.4 Å². The zero-order valence-electron chi connectivity index (χ0n) is 9.30. The maximum atomic E-state index is 10.6. The first-order valence-corrected chi connectivity index (χ1v) is 4.99. The van der Waals surface area contributed by atoms with E-state index in [1.54, 1.807) is 6.07 Å². The molecule has 0 saturated carbocycles. The Morgan fingerprint density at radius 2 is 2.25 bits per heavy atom. The Bertz CT molecular complexity index is 437. The van der Waals surface area contributed by atoms with E-state index in [0.29, 0.717) is 5.56 Å². The van der Waals surface area contributed by atoms with Crippen molar-refractivity contribution in [2.75, 3.05) is 18.5 Å². The van der Waals surface area contributed by atoms with Gasteiger partial charge >= 0.3 is 0 Å². The Balaban J connectivity index is 3.12. The van der Waals surface area contributed by atoms with Crippen LogP contribution in [0.3, 0.4) is 0 Å². The van der Waals surface area contributed by atoms with Gasteiger partial charge in [0, 0.05) is 25.7 Å². The Morgan fingerprint density at radius 3 is 2.75 bits per heavy atom. The second-order valence-electron chi connectivity index (χ2n) is 3.49. The monoisotopic (exact) mass is 219 g/mol. The lowest BCUT2D eigenvalue weighted by atomic mass is 10.1. The molecule has 0 aliphatic heterocycles. The maximum absolute atomic E-state index is 10.6. The summed E-state index contributed by atoms with van der Waals surface area (Å²) in [4.78, 5) is 12.0. The van der Waals surface area contributed by atoms with Crippen molar-refractivity contribution in [1.82, 2.24) is 0 Å². The number of hydrogen-bond acceptors (Lipinski definition) is 4. The standard InChI is InChI=1S/C11H13N3O2/c1-3-6-13(2)11-5-4-10(14(15)16)7-9(11)8-12/h4-5,7H,3,6H2,1-2H3. The van der Waals surface area contributed by atoms with Gasteiger partial charge in [-0.25, -0.2) is 0 Å². The number of nitrogens with zero attached hydrogens (tertiary/aromatic N) is 3. The quantitative estimate of drug-likeness (QED) is 0.575. The minimum atomic E-state index is -0.496. The van der Waals surface area contributed by atoms with Crippen molar-refractivity contribution in [2.45, 2.75) is 13.3 Å². The molecule has 5 nitrogen and oxygen atoms in total. The summed E-state index contributed by atoms with van der Waals surface area (Å²) in [5, 5.41) is 19.5. The second kappa shape index (κ2) is 5.12. The van der Waals surface area contributed by atoms with E-state index < -0.39 is 4.92 Å². The fourth-order valence-corrected chi connectivity index (χ4v) is 1.52. The van der Waals surface area contributed by atoms with E-state index >= 15 is 0 Å². The molecular weight excluding hydrogens is 206 g/mol. The third kappa shape index (κ3) is 2.48. The van der Waals surface area contributed by atoms with Gasteiger partial charge < -0.3 is 4.90 Å². The van der Waals surface area contributed by atoms with Crippen molar-refractivity contribution in [3.05, 3.63) is 33.9 Å². The van der Waals surface area contributed by atoms with Gasteiger partial charge in [0.2, 0.25) is 0 Å². The average molecular weight is 219 g/mol. The third-order valence-electron chi connectivity index (χ3n) is 2.28. The van der Waals surface area contributed by atoms with Gasteiger partial charge in [0.1, 0.15) is 6.07 Å². The van der Waals surface area contributed by atoms with Crippen LogP contribution in [-0.2, 0) is 0 Å². The van der Waals surface area contributed by atoms with E-state index in [2.05, 4.69) is 0 Å². The minimum absolute atomic E-state index is 0.0507. The Morgan fingerprint density at radius 1 is 1.56 bits per heavy atom. The molecule has 0 bridgehead atoms. The lowest BCUT2D eigenvalue weighted by molar-refractivity contribution is -0.384. The fourth-order valence-electron chi connectivity index (χ4n) is 1.52. The van der Waals surface area contributed by atoms with E-state index in [1.165, 1.54) is 12.1 Å². The lowest BCUT2D eigenvalue weighted by Gasteiger charge is -2.19. The Labute approximate surface area is 94.1 Å². The van der Waals surface area contributed by atoms with Crippen molar-refractivity contribution < 1.29 is 4.92 Å². The van der Waals surface area contributed by atoms with Gasteiger partial charge in [-0.3, -0.25) is 10.1 Å². The molecule has 0 aliphatic rings. The predicted molar refractivity (Wildman–Crippen MR) is 61.4 cm³/mol. The van der Waals surface area contributed by atoms with Gasteiger partial charge in [0.15, 0.2) is 0 Å². The van der Waals surface area contributed by atoms with Crippen molar-refractivity contribution in [1.29, 1.82) is 5.26 Å². The third-order valence-corrected chi connectivity index (χ3v) is 2.28. The maximum Gasteiger partial charge on any atom is 0.270 e. The zero-order chi connectivity index (χ0) is 12.1. The summed E-state index contributed by atoms with van der Waals surface area (Å²) >= 11 is 0. The second-order valence-corrected chi connectivity index (χ2v) is 3.49. The summed E-state index contributed by atoms with van der Waals surface area (Å²) in [6.45, 7) is 2.85. The van der Waals surface area contributed by atoms with Crippen LogP contribution in [0.25, 0.3) is 0 Å². The van der Waals surface area contributed by atoms with E-state index in [4.69, 9.17) is 5.26 Å². The number of nitro groups is 1. The SMILES string of the molecule is CCCN(C)c1ccc([N+](=O)[O-])cc1C#N. The van der Waals surface area contributed by atoms with Crippen molar-refractivity contribution in [3.8, 4) is 6.07 Å². The number of nitro benzene ring substituents is 1. The minimum Gasteiger partial charge on any atom is -0.374 e. The molecule has 0 unspecified atom stereocenters. The van der Waals surface area contributed by atoms with Crippen LogP contribution in [0.5, 0.6) is 0 Å². The van der Waals surface area contributed by atoms with Gasteiger partial charge in [-0.15, -0.1) is 0 Å². The summed E-state index contributed by atoms with van der Waals surface area (Å²) in [5.74, 6) is 0. The molecular formula is C11H13N3O2. The van der Waals surface area contributed by atoms with Crippen molar-refractivity contribution in [3.63, 3.8) is 0 Å².